The van der Waals surface area contributed by atoms with E-state index in [4.69, 9.17) is 5.11 Å². The van der Waals surface area contributed by atoms with E-state index < -0.39 is 12.0 Å². The van der Waals surface area contributed by atoms with Gasteiger partial charge in [0.15, 0.2) is 0 Å². The molecule has 19 heavy (non-hydrogen) atoms. The molecule has 0 saturated heterocycles. The van der Waals surface area contributed by atoms with Crippen LogP contribution < -0.4 is 5.32 Å². The van der Waals surface area contributed by atoms with Gasteiger partial charge in [0.1, 0.15) is 6.04 Å². The van der Waals surface area contributed by atoms with Crippen LogP contribution in [-0.2, 0) is 21.9 Å². The summed E-state index contributed by atoms with van der Waals surface area (Å²) in [6, 6.07) is -0.861. The molecular weight excluding hydrogens is 334 g/mol. The number of aliphatic carboxylic acids is 1. The van der Waals surface area contributed by atoms with E-state index in [-0.39, 0.29) is 0 Å². The maximum Gasteiger partial charge on any atom is 0.327 e. The standard InChI is InChI=1S/C11H16BrN3O3S/c1-3-15-9(10(12)7(2)14-15)5-19-4-8(11(17)18)13-6-16/h6,8H,3-5H2,1-2H3,(H,13,16)(H,17,18). The lowest BCUT2D eigenvalue weighted by Gasteiger charge is -2.11. The van der Waals surface area contributed by atoms with Crippen LogP contribution in [0.25, 0.3) is 0 Å². The van der Waals surface area contributed by atoms with E-state index in [1.54, 1.807) is 0 Å². The van der Waals surface area contributed by atoms with E-state index in [0.717, 1.165) is 22.4 Å². The summed E-state index contributed by atoms with van der Waals surface area (Å²) in [4.78, 5) is 21.2. The molecule has 0 fully saturated rings. The molecule has 1 unspecified atom stereocenters. The molecule has 0 aromatic carbocycles. The first-order chi connectivity index (χ1) is 9.01. The Balaban J connectivity index is 2.61. The third kappa shape index (κ3) is 4.24. The van der Waals surface area contributed by atoms with Crippen LogP contribution in [0.4, 0.5) is 0 Å². The molecule has 1 atom stereocenters. The number of carbonyl (C=O) groups is 2. The maximum atomic E-state index is 10.9. The first-order valence-electron chi connectivity index (χ1n) is 5.73. The van der Waals surface area contributed by atoms with E-state index in [0.29, 0.717) is 17.9 Å². The minimum atomic E-state index is -1.03. The highest BCUT2D eigenvalue weighted by Crippen LogP contribution is 2.25. The van der Waals surface area contributed by atoms with Gasteiger partial charge < -0.3 is 10.4 Å². The fraction of sp³-hybridized carbons (Fsp3) is 0.545. The summed E-state index contributed by atoms with van der Waals surface area (Å²) in [7, 11) is 0. The SMILES string of the molecule is CCn1nc(C)c(Br)c1CSCC(NC=O)C(=O)O. The van der Waals surface area contributed by atoms with Crippen molar-refractivity contribution < 1.29 is 14.7 Å². The van der Waals surface area contributed by atoms with Gasteiger partial charge in [0.25, 0.3) is 0 Å². The van der Waals surface area contributed by atoms with E-state index in [1.165, 1.54) is 11.8 Å². The highest BCUT2D eigenvalue weighted by atomic mass is 79.9. The molecule has 0 radical (unpaired) electrons. The van der Waals surface area contributed by atoms with Crippen molar-refractivity contribution in [3.8, 4) is 0 Å². The van der Waals surface area contributed by atoms with Crippen LogP contribution in [0.3, 0.4) is 0 Å². The van der Waals surface area contributed by atoms with E-state index in [9.17, 15) is 9.59 Å². The van der Waals surface area contributed by atoms with Gasteiger partial charge in [0.2, 0.25) is 6.41 Å². The number of nitrogens with zero attached hydrogens (tertiary/aromatic N) is 2. The zero-order chi connectivity index (χ0) is 14.4. The van der Waals surface area contributed by atoms with Crippen molar-refractivity contribution in [3.05, 3.63) is 15.9 Å². The number of aromatic nitrogens is 2. The number of carbonyl (C=O) groups excluding carboxylic acids is 1. The first-order valence-corrected chi connectivity index (χ1v) is 7.68. The maximum absolute atomic E-state index is 10.9. The molecule has 0 aliphatic rings. The van der Waals surface area contributed by atoms with Crippen molar-refractivity contribution >= 4 is 40.1 Å². The molecule has 1 rings (SSSR count). The lowest BCUT2D eigenvalue weighted by Crippen LogP contribution is -2.37. The quantitative estimate of drug-likeness (QED) is 0.693. The Labute approximate surface area is 124 Å². The highest BCUT2D eigenvalue weighted by molar-refractivity contribution is 9.10. The topological polar surface area (TPSA) is 84.2 Å². The van der Waals surface area contributed by atoms with Crippen LogP contribution in [0.5, 0.6) is 0 Å². The highest BCUT2D eigenvalue weighted by Gasteiger charge is 2.17. The van der Waals surface area contributed by atoms with E-state index >= 15 is 0 Å². The largest absolute Gasteiger partial charge is 0.480 e. The zero-order valence-electron chi connectivity index (χ0n) is 10.7. The van der Waals surface area contributed by atoms with Crippen molar-refractivity contribution in [1.82, 2.24) is 15.1 Å². The minimum absolute atomic E-state index is 0.314. The van der Waals surface area contributed by atoms with Crippen molar-refractivity contribution in [1.29, 1.82) is 0 Å². The number of carboxylic acids is 1. The number of aryl methyl sites for hydroxylation is 2. The Morgan fingerprint density at radius 1 is 1.68 bits per heavy atom. The van der Waals surface area contributed by atoms with Crippen LogP contribution >= 0.6 is 27.7 Å². The third-order valence-electron chi connectivity index (χ3n) is 2.54. The van der Waals surface area contributed by atoms with Gasteiger partial charge in [0, 0.05) is 18.1 Å². The smallest absolute Gasteiger partial charge is 0.327 e. The first kappa shape index (κ1) is 16.0. The lowest BCUT2D eigenvalue weighted by molar-refractivity contribution is -0.139. The molecule has 6 nitrogen and oxygen atoms in total. The van der Waals surface area contributed by atoms with Crippen molar-refractivity contribution in [2.75, 3.05) is 5.75 Å². The monoisotopic (exact) mass is 349 g/mol. The molecule has 1 aromatic heterocycles. The number of halogens is 1. The summed E-state index contributed by atoms with van der Waals surface area (Å²) in [5.41, 5.74) is 1.94. The number of amides is 1. The van der Waals surface area contributed by atoms with Gasteiger partial charge in [-0.3, -0.25) is 9.48 Å². The van der Waals surface area contributed by atoms with Gasteiger partial charge in [-0.2, -0.15) is 16.9 Å². The summed E-state index contributed by atoms with van der Waals surface area (Å²) >= 11 is 4.93. The van der Waals surface area contributed by atoms with Gasteiger partial charge in [-0.1, -0.05) is 0 Å². The molecule has 1 heterocycles. The normalized spacial score (nSPS) is 12.2. The molecule has 0 aliphatic carbocycles. The molecule has 0 aliphatic heterocycles. The third-order valence-corrected chi connectivity index (χ3v) is 4.62. The summed E-state index contributed by atoms with van der Waals surface area (Å²) in [6.45, 7) is 4.68. The van der Waals surface area contributed by atoms with Crippen molar-refractivity contribution in [2.24, 2.45) is 0 Å². The van der Waals surface area contributed by atoms with Gasteiger partial charge in [-0.05, 0) is 29.8 Å². The number of hydrogen-bond donors (Lipinski definition) is 2. The molecule has 0 bridgehead atoms. The van der Waals surface area contributed by atoms with Gasteiger partial charge in [0.05, 0.1) is 15.9 Å². The summed E-state index contributed by atoms with van der Waals surface area (Å²) in [5.74, 6) is -0.0764. The van der Waals surface area contributed by atoms with Gasteiger partial charge >= 0.3 is 5.97 Å². The van der Waals surface area contributed by atoms with Gasteiger partial charge in [-0.25, -0.2) is 4.79 Å². The average molecular weight is 350 g/mol. The fourth-order valence-corrected chi connectivity index (χ4v) is 3.24. The van der Waals surface area contributed by atoms with E-state index in [2.05, 4.69) is 26.3 Å². The van der Waals surface area contributed by atoms with Crippen LogP contribution in [0.15, 0.2) is 4.47 Å². The molecule has 0 saturated carbocycles. The number of carboxylic acid groups (broad SMARTS) is 1. The van der Waals surface area contributed by atoms with Crippen LogP contribution in [0, 0.1) is 6.92 Å². The Bertz CT molecular complexity index is 464. The summed E-state index contributed by atoms with van der Waals surface area (Å²) < 4.78 is 2.84. The second kappa shape index (κ2) is 7.54. The Hall–Kier alpha value is -1.02. The summed E-state index contributed by atoms with van der Waals surface area (Å²) in [6.07, 6.45) is 0.412. The van der Waals surface area contributed by atoms with E-state index in [1.807, 2.05) is 18.5 Å². The molecule has 1 amide bonds. The predicted octanol–water partition coefficient (Wildman–Crippen LogP) is 1.41. The zero-order valence-corrected chi connectivity index (χ0v) is 13.1. The molecule has 1 aromatic rings. The number of rotatable bonds is 8. The van der Waals surface area contributed by atoms with Crippen LogP contribution in [-0.4, -0.2) is 39.1 Å². The molecular formula is C11H16BrN3O3S. The molecule has 106 valence electrons. The fourth-order valence-electron chi connectivity index (χ4n) is 1.55. The molecule has 0 spiro atoms. The Morgan fingerprint density at radius 3 is 2.89 bits per heavy atom. The second-order valence-electron chi connectivity index (χ2n) is 3.85. The van der Waals surface area contributed by atoms with Crippen LogP contribution in [0.1, 0.15) is 18.3 Å². The van der Waals surface area contributed by atoms with Crippen molar-refractivity contribution in [3.63, 3.8) is 0 Å². The Kier molecular flexibility index (Phi) is 6.36. The number of nitrogens with one attached hydrogen (secondary N) is 1. The van der Waals surface area contributed by atoms with Gasteiger partial charge in [-0.15, -0.1) is 0 Å². The lowest BCUT2D eigenvalue weighted by atomic mass is 10.3. The van der Waals surface area contributed by atoms with Crippen molar-refractivity contribution in [2.45, 2.75) is 32.2 Å². The Morgan fingerprint density at radius 2 is 2.37 bits per heavy atom. The minimum Gasteiger partial charge on any atom is -0.480 e. The second-order valence-corrected chi connectivity index (χ2v) is 5.68. The predicted molar refractivity (Wildman–Crippen MR) is 77.1 cm³/mol. The summed E-state index contributed by atoms with van der Waals surface area (Å²) in [5, 5.41) is 15.5. The average Bonchev–Trinajstić information content (AvgIpc) is 2.64. The number of hydrogen-bond acceptors (Lipinski definition) is 4. The molecule has 8 heteroatoms. The van der Waals surface area contributed by atoms with Crippen LogP contribution in [0.2, 0.25) is 0 Å². The number of thioether (sulfide) groups is 1. The molecule has 2 N–H and O–H groups in total.